The number of hydrogen-bond donors (Lipinski definition) is 0. The molecule has 1 aliphatic carbocycles. The second-order valence-electron chi connectivity index (χ2n) is 9.02. The number of halogens is 1. The first-order valence-corrected chi connectivity index (χ1v) is 9.37. The van der Waals surface area contributed by atoms with Gasteiger partial charge in [-0.05, 0) is 42.2 Å². The lowest BCUT2D eigenvalue weighted by molar-refractivity contribution is 0.0702. The molecule has 0 unspecified atom stereocenters. The van der Waals surface area contributed by atoms with E-state index in [1.54, 1.807) is 12.1 Å². The maximum absolute atomic E-state index is 13.2. The van der Waals surface area contributed by atoms with Crippen molar-refractivity contribution in [2.45, 2.75) is 52.7 Å². The molecule has 6 heteroatoms. The Kier molecular flexibility index (Phi) is 4.24. The monoisotopic (exact) mass is 372 g/mol. The summed E-state index contributed by atoms with van der Waals surface area (Å²) in [7, 11) is 0. The van der Waals surface area contributed by atoms with Crippen molar-refractivity contribution in [2.75, 3.05) is 6.54 Å². The predicted molar refractivity (Wildman–Crippen MR) is 97.8 cm³/mol. The summed E-state index contributed by atoms with van der Waals surface area (Å²) in [5, 5.41) is 0. The number of oxazole rings is 1. The van der Waals surface area contributed by atoms with Gasteiger partial charge in [0.1, 0.15) is 17.8 Å². The first kappa shape index (κ1) is 18.0. The summed E-state index contributed by atoms with van der Waals surface area (Å²) < 4.78 is 24.1. The Morgan fingerprint density at radius 1 is 1.37 bits per heavy atom. The molecule has 2 fully saturated rings. The van der Waals surface area contributed by atoms with Crippen LogP contribution in [0.5, 0.6) is 5.75 Å². The van der Waals surface area contributed by atoms with Crippen molar-refractivity contribution in [3.05, 3.63) is 47.9 Å². The second kappa shape index (κ2) is 6.36. The molecule has 27 heavy (non-hydrogen) atoms. The van der Waals surface area contributed by atoms with E-state index >= 15 is 0 Å². The number of fused-ring (bicyclic) bond motifs is 2. The Morgan fingerprint density at radius 2 is 2.19 bits per heavy atom. The van der Waals surface area contributed by atoms with Crippen molar-refractivity contribution in [1.82, 2.24) is 9.88 Å². The van der Waals surface area contributed by atoms with E-state index in [1.807, 2.05) is 4.90 Å². The van der Waals surface area contributed by atoms with Gasteiger partial charge in [0.15, 0.2) is 12.3 Å². The van der Waals surface area contributed by atoms with Crippen LogP contribution in [0.1, 0.15) is 56.4 Å². The van der Waals surface area contributed by atoms with Gasteiger partial charge in [-0.15, -0.1) is 0 Å². The molecule has 1 amide bonds. The van der Waals surface area contributed by atoms with Crippen LogP contribution in [0, 0.1) is 16.6 Å². The lowest BCUT2D eigenvalue weighted by Crippen LogP contribution is -2.37. The van der Waals surface area contributed by atoms with Crippen molar-refractivity contribution in [3.8, 4) is 5.75 Å². The van der Waals surface area contributed by atoms with E-state index in [1.165, 1.54) is 18.4 Å². The molecule has 1 aromatic heterocycles. The van der Waals surface area contributed by atoms with Gasteiger partial charge in [0, 0.05) is 18.7 Å². The second-order valence-corrected chi connectivity index (χ2v) is 9.02. The number of nitrogens with zero attached hydrogens (tertiary/aromatic N) is 2. The zero-order valence-electron chi connectivity index (χ0n) is 16.0. The fourth-order valence-electron chi connectivity index (χ4n) is 5.02. The molecule has 0 spiro atoms. The van der Waals surface area contributed by atoms with Crippen LogP contribution < -0.4 is 4.74 Å². The highest BCUT2D eigenvalue weighted by molar-refractivity contribution is 5.92. The Labute approximate surface area is 158 Å². The Balaban J connectivity index is 1.43. The average molecular weight is 372 g/mol. The molecule has 2 atom stereocenters. The molecule has 2 heterocycles. The van der Waals surface area contributed by atoms with Crippen LogP contribution in [0.25, 0.3) is 0 Å². The topological polar surface area (TPSA) is 55.6 Å². The number of carbonyl (C=O) groups is 1. The first-order valence-electron chi connectivity index (χ1n) is 9.37. The van der Waals surface area contributed by atoms with Gasteiger partial charge in [-0.25, -0.2) is 9.37 Å². The van der Waals surface area contributed by atoms with Crippen molar-refractivity contribution in [3.63, 3.8) is 0 Å². The molecular formula is C21H25FN2O3. The molecule has 144 valence electrons. The van der Waals surface area contributed by atoms with E-state index < -0.39 is 0 Å². The quantitative estimate of drug-likeness (QED) is 0.796. The summed E-state index contributed by atoms with van der Waals surface area (Å²) in [5.41, 5.74) is 0.733. The fraction of sp³-hybridized carbons (Fsp3) is 0.524. The fourth-order valence-corrected chi connectivity index (χ4v) is 5.02. The summed E-state index contributed by atoms with van der Waals surface area (Å²) in [4.78, 5) is 19.2. The van der Waals surface area contributed by atoms with E-state index in [4.69, 9.17) is 9.15 Å². The number of ether oxygens (including phenoxy) is 1. The van der Waals surface area contributed by atoms with E-state index in [-0.39, 0.29) is 35.2 Å². The Bertz CT molecular complexity index is 863. The standard InChI is InChI=1S/C21H25FN2O3/c1-20(2)8-15-9-21(3,12-20)13-24(15)19(25)17-10-27-18(23-17)11-26-16-6-4-5-14(22)7-16/h4-7,10,15H,8-9,11-13H2,1-3H3/t15-,21-/m1/s1. The van der Waals surface area contributed by atoms with Crippen LogP contribution >= 0.6 is 0 Å². The van der Waals surface area contributed by atoms with E-state index in [0.717, 1.165) is 25.8 Å². The summed E-state index contributed by atoms with van der Waals surface area (Å²) >= 11 is 0. The average Bonchev–Trinajstić information content (AvgIpc) is 3.13. The van der Waals surface area contributed by atoms with Crippen LogP contribution in [0.3, 0.4) is 0 Å². The minimum atomic E-state index is -0.368. The maximum atomic E-state index is 13.2. The van der Waals surface area contributed by atoms with Crippen LogP contribution in [-0.2, 0) is 6.61 Å². The van der Waals surface area contributed by atoms with Gasteiger partial charge >= 0.3 is 0 Å². The zero-order chi connectivity index (χ0) is 19.2. The van der Waals surface area contributed by atoms with E-state index in [2.05, 4.69) is 25.8 Å². The molecule has 1 saturated carbocycles. The largest absolute Gasteiger partial charge is 0.484 e. The van der Waals surface area contributed by atoms with Crippen molar-refractivity contribution >= 4 is 5.91 Å². The van der Waals surface area contributed by atoms with Gasteiger partial charge in [0.05, 0.1) is 0 Å². The van der Waals surface area contributed by atoms with E-state index in [9.17, 15) is 9.18 Å². The number of aromatic nitrogens is 1. The molecule has 2 bridgehead atoms. The van der Waals surface area contributed by atoms with Crippen LogP contribution in [-0.4, -0.2) is 28.4 Å². The van der Waals surface area contributed by atoms with Gasteiger partial charge in [0.2, 0.25) is 5.89 Å². The number of likely N-dealkylation sites (tertiary alicyclic amines) is 1. The summed E-state index contributed by atoms with van der Waals surface area (Å²) in [6.07, 6.45) is 4.59. The SMILES string of the molecule is CC1(C)C[C@@H]2C[C@@](C)(CN2C(=O)c2coc(COc3cccc(F)c3)n2)C1. The number of carbonyl (C=O) groups excluding carboxylic acids is 1. The van der Waals surface area contributed by atoms with Crippen LogP contribution in [0.2, 0.25) is 0 Å². The molecule has 1 aliphatic heterocycles. The third-order valence-corrected chi connectivity index (χ3v) is 5.60. The molecule has 1 saturated heterocycles. The van der Waals surface area contributed by atoms with Crippen molar-refractivity contribution < 1.29 is 18.3 Å². The highest BCUT2D eigenvalue weighted by Gasteiger charge is 2.51. The zero-order valence-corrected chi connectivity index (χ0v) is 16.0. The van der Waals surface area contributed by atoms with Gasteiger partial charge < -0.3 is 14.1 Å². The predicted octanol–water partition coefficient (Wildman–Crippen LogP) is 4.43. The smallest absolute Gasteiger partial charge is 0.276 e. The molecular weight excluding hydrogens is 347 g/mol. The molecule has 0 N–H and O–H groups in total. The number of amides is 1. The van der Waals surface area contributed by atoms with Crippen molar-refractivity contribution in [1.29, 1.82) is 0 Å². The molecule has 1 aromatic carbocycles. The molecule has 4 rings (SSSR count). The normalized spacial score (nSPS) is 26.2. The van der Waals surface area contributed by atoms with E-state index in [0.29, 0.717) is 17.3 Å². The first-order chi connectivity index (χ1) is 12.7. The minimum Gasteiger partial charge on any atom is -0.484 e. The molecule has 2 aromatic rings. The summed E-state index contributed by atoms with van der Waals surface area (Å²) in [6, 6.07) is 6.13. The maximum Gasteiger partial charge on any atom is 0.276 e. The van der Waals surface area contributed by atoms with Gasteiger partial charge in [0.25, 0.3) is 5.91 Å². The van der Waals surface area contributed by atoms with Crippen molar-refractivity contribution in [2.24, 2.45) is 10.8 Å². The number of rotatable bonds is 4. The third kappa shape index (κ3) is 3.70. The summed E-state index contributed by atoms with van der Waals surface area (Å²) in [5.74, 6) is 0.246. The van der Waals surface area contributed by atoms with Gasteiger partial charge in [-0.1, -0.05) is 26.8 Å². The van der Waals surface area contributed by atoms with Gasteiger partial charge in [-0.2, -0.15) is 0 Å². The minimum absolute atomic E-state index is 0.0465. The molecule has 5 nitrogen and oxygen atoms in total. The van der Waals surface area contributed by atoms with Gasteiger partial charge in [-0.3, -0.25) is 4.79 Å². The third-order valence-electron chi connectivity index (χ3n) is 5.60. The lowest BCUT2D eigenvalue weighted by atomic mass is 9.65. The summed E-state index contributed by atoms with van der Waals surface area (Å²) in [6.45, 7) is 7.65. The van der Waals surface area contributed by atoms with Crippen LogP contribution in [0.4, 0.5) is 4.39 Å². The lowest BCUT2D eigenvalue weighted by Gasteiger charge is -2.39. The number of hydrogen-bond acceptors (Lipinski definition) is 4. The Morgan fingerprint density at radius 3 is 2.96 bits per heavy atom. The molecule has 0 radical (unpaired) electrons. The number of benzene rings is 1. The highest BCUT2D eigenvalue weighted by atomic mass is 19.1. The molecule has 2 aliphatic rings. The Hall–Kier alpha value is -2.37. The highest BCUT2D eigenvalue weighted by Crippen LogP contribution is 2.52. The van der Waals surface area contributed by atoms with Crippen LogP contribution in [0.15, 0.2) is 34.9 Å².